The van der Waals surface area contributed by atoms with Gasteiger partial charge in [0, 0.05) is 18.9 Å². The number of hydrogen-bond donors (Lipinski definition) is 2. The Labute approximate surface area is 168 Å². The van der Waals surface area contributed by atoms with E-state index in [-0.39, 0.29) is 5.56 Å². The van der Waals surface area contributed by atoms with Crippen LogP contribution in [0.25, 0.3) is 10.9 Å². The number of nitrogens with one attached hydrogen (secondary N) is 2. The molecule has 0 bridgehead atoms. The van der Waals surface area contributed by atoms with Gasteiger partial charge < -0.3 is 20.1 Å². The molecule has 0 saturated heterocycles. The van der Waals surface area contributed by atoms with Crippen molar-refractivity contribution in [2.75, 3.05) is 26.1 Å². The molecule has 0 aliphatic heterocycles. The molecular formula is C21H24N4O4. The van der Waals surface area contributed by atoms with Crippen molar-refractivity contribution >= 4 is 22.6 Å². The van der Waals surface area contributed by atoms with Crippen LogP contribution in [0, 0.1) is 0 Å². The molecule has 0 unspecified atom stereocenters. The summed E-state index contributed by atoms with van der Waals surface area (Å²) in [6, 6.07) is 13.3. The Morgan fingerprint density at radius 2 is 1.97 bits per heavy atom. The van der Waals surface area contributed by atoms with Crippen LogP contribution in [-0.4, -0.2) is 36.4 Å². The van der Waals surface area contributed by atoms with E-state index < -0.39 is 12.1 Å². The molecule has 0 radical (unpaired) electrons. The average molecular weight is 396 g/mol. The van der Waals surface area contributed by atoms with Crippen molar-refractivity contribution in [1.29, 1.82) is 0 Å². The second-order valence-electron chi connectivity index (χ2n) is 6.49. The van der Waals surface area contributed by atoms with Gasteiger partial charge in [-0.3, -0.25) is 9.36 Å². The number of ether oxygens (including phenoxy) is 2. The number of benzene rings is 2. The first-order chi connectivity index (χ1) is 14.0. The lowest BCUT2D eigenvalue weighted by Gasteiger charge is -2.19. The Balaban J connectivity index is 1.86. The number of para-hydroxylation sites is 1. The van der Waals surface area contributed by atoms with Crippen LogP contribution in [0.3, 0.4) is 0 Å². The van der Waals surface area contributed by atoms with Crippen molar-refractivity contribution in [3.05, 3.63) is 64.7 Å². The van der Waals surface area contributed by atoms with E-state index >= 15 is 0 Å². The number of methoxy groups -OCH3 is 2. The van der Waals surface area contributed by atoms with Gasteiger partial charge in [-0.2, -0.15) is 0 Å². The van der Waals surface area contributed by atoms with Crippen LogP contribution in [0.1, 0.15) is 18.8 Å². The number of rotatable bonds is 7. The molecule has 3 rings (SSSR count). The Hall–Kier alpha value is -3.39. The van der Waals surface area contributed by atoms with Gasteiger partial charge in [-0.15, -0.1) is 0 Å². The summed E-state index contributed by atoms with van der Waals surface area (Å²) in [5.74, 6) is 1.10. The van der Waals surface area contributed by atoms with E-state index in [4.69, 9.17) is 9.47 Å². The Morgan fingerprint density at radius 1 is 1.17 bits per heavy atom. The third-order valence-corrected chi connectivity index (χ3v) is 4.47. The number of amides is 2. The van der Waals surface area contributed by atoms with E-state index in [1.165, 1.54) is 0 Å². The molecule has 29 heavy (non-hydrogen) atoms. The molecule has 8 heteroatoms. The molecule has 2 aromatic carbocycles. The number of nitrogens with zero attached hydrogens (tertiary/aromatic N) is 2. The fourth-order valence-electron chi connectivity index (χ4n) is 3.04. The monoisotopic (exact) mass is 396 g/mol. The molecule has 0 aliphatic rings. The summed E-state index contributed by atoms with van der Waals surface area (Å²) in [5, 5.41) is 6.13. The SMILES string of the molecule is COCCn1c([C@@H](C)NC(=O)Nc2cccc(OC)c2)nc2ccccc2c1=O. The van der Waals surface area contributed by atoms with Gasteiger partial charge >= 0.3 is 6.03 Å². The molecular weight excluding hydrogens is 372 g/mol. The first-order valence-corrected chi connectivity index (χ1v) is 9.23. The van der Waals surface area contributed by atoms with Crippen LogP contribution in [0.15, 0.2) is 53.3 Å². The lowest BCUT2D eigenvalue weighted by Crippen LogP contribution is -2.36. The van der Waals surface area contributed by atoms with Gasteiger partial charge in [-0.1, -0.05) is 18.2 Å². The number of carbonyl (C=O) groups excluding carboxylic acids is 1. The van der Waals surface area contributed by atoms with Gasteiger partial charge in [0.15, 0.2) is 0 Å². The smallest absolute Gasteiger partial charge is 0.319 e. The van der Waals surface area contributed by atoms with Crippen LogP contribution in [0.4, 0.5) is 10.5 Å². The zero-order chi connectivity index (χ0) is 20.8. The lowest BCUT2D eigenvalue weighted by atomic mass is 10.2. The topological polar surface area (TPSA) is 94.5 Å². The summed E-state index contributed by atoms with van der Waals surface area (Å²) in [6.45, 7) is 2.48. The third kappa shape index (κ3) is 4.72. The van der Waals surface area contributed by atoms with E-state index in [0.29, 0.717) is 41.3 Å². The Bertz CT molecular complexity index is 1060. The summed E-state index contributed by atoms with van der Waals surface area (Å²) < 4.78 is 11.8. The van der Waals surface area contributed by atoms with Crippen molar-refractivity contribution in [2.24, 2.45) is 0 Å². The number of urea groups is 1. The van der Waals surface area contributed by atoms with Crippen molar-refractivity contribution < 1.29 is 14.3 Å². The van der Waals surface area contributed by atoms with E-state index in [0.717, 1.165) is 0 Å². The fraction of sp³-hybridized carbons (Fsp3) is 0.286. The van der Waals surface area contributed by atoms with E-state index in [1.54, 1.807) is 68.2 Å². The fourth-order valence-corrected chi connectivity index (χ4v) is 3.04. The van der Waals surface area contributed by atoms with Gasteiger partial charge in [-0.25, -0.2) is 9.78 Å². The second kappa shape index (κ2) is 9.20. The zero-order valence-corrected chi connectivity index (χ0v) is 16.6. The zero-order valence-electron chi connectivity index (χ0n) is 16.6. The van der Waals surface area contributed by atoms with E-state index in [9.17, 15) is 9.59 Å². The predicted octanol–water partition coefficient (Wildman–Crippen LogP) is 2.93. The maximum absolute atomic E-state index is 12.9. The number of anilines is 1. The Kier molecular flexibility index (Phi) is 6.46. The summed E-state index contributed by atoms with van der Waals surface area (Å²) in [7, 11) is 3.13. The van der Waals surface area contributed by atoms with Gasteiger partial charge in [0.25, 0.3) is 5.56 Å². The molecule has 0 saturated carbocycles. The first-order valence-electron chi connectivity index (χ1n) is 9.23. The average Bonchev–Trinajstić information content (AvgIpc) is 2.73. The van der Waals surface area contributed by atoms with Gasteiger partial charge in [0.2, 0.25) is 0 Å². The molecule has 2 N–H and O–H groups in total. The van der Waals surface area contributed by atoms with Crippen molar-refractivity contribution in [1.82, 2.24) is 14.9 Å². The van der Waals surface area contributed by atoms with Crippen LogP contribution in [0.2, 0.25) is 0 Å². The molecule has 1 aromatic heterocycles. The van der Waals surface area contributed by atoms with Gasteiger partial charge in [0.1, 0.15) is 11.6 Å². The van der Waals surface area contributed by atoms with Gasteiger partial charge in [-0.05, 0) is 31.2 Å². The maximum Gasteiger partial charge on any atom is 0.319 e. The second-order valence-corrected chi connectivity index (χ2v) is 6.49. The molecule has 0 aliphatic carbocycles. The number of carbonyl (C=O) groups is 1. The minimum absolute atomic E-state index is 0.162. The van der Waals surface area contributed by atoms with Crippen LogP contribution < -0.4 is 20.9 Å². The molecule has 2 amide bonds. The summed E-state index contributed by atoms with van der Waals surface area (Å²) in [4.78, 5) is 30.0. The quantitative estimate of drug-likeness (QED) is 0.640. The lowest BCUT2D eigenvalue weighted by molar-refractivity contribution is 0.184. The number of hydrogen-bond acceptors (Lipinski definition) is 5. The maximum atomic E-state index is 12.9. The van der Waals surface area contributed by atoms with E-state index in [1.807, 2.05) is 6.07 Å². The predicted molar refractivity (Wildman–Crippen MR) is 111 cm³/mol. The van der Waals surface area contributed by atoms with Gasteiger partial charge in [0.05, 0.1) is 37.2 Å². The highest BCUT2D eigenvalue weighted by Crippen LogP contribution is 2.18. The van der Waals surface area contributed by atoms with Crippen LogP contribution >= 0.6 is 0 Å². The number of aromatic nitrogens is 2. The van der Waals surface area contributed by atoms with Crippen molar-refractivity contribution in [3.8, 4) is 5.75 Å². The standard InChI is InChI=1S/C21H24N4O4/c1-14(22-21(27)23-15-7-6-8-16(13-15)29-3)19-24-18-10-5-4-9-17(18)20(26)25(19)11-12-28-2/h4-10,13-14H,11-12H2,1-3H3,(H2,22,23,27)/t14-/m1/s1. The van der Waals surface area contributed by atoms with E-state index in [2.05, 4.69) is 15.6 Å². The number of fused-ring (bicyclic) bond motifs is 1. The molecule has 152 valence electrons. The largest absolute Gasteiger partial charge is 0.497 e. The Morgan fingerprint density at radius 3 is 2.72 bits per heavy atom. The minimum Gasteiger partial charge on any atom is -0.497 e. The molecule has 1 atom stereocenters. The highest BCUT2D eigenvalue weighted by atomic mass is 16.5. The van der Waals surface area contributed by atoms with Crippen LogP contribution in [-0.2, 0) is 11.3 Å². The normalized spacial score (nSPS) is 11.8. The molecule has 0 fully saturated rings. The summed E-state index contributed by atoms with van der Waals surface area (Å²) >= 11 is 0. The van der Waals surface area contributed by atoms with Crippen molar-refractivity contribution in [3.63, 3.8) is 0 Å². The molecule has 0 spiro atoms. The highest BCUT2D eigenvalue weighted by Gasteiger charge is 2.18. The molecule has 3 aromatic rings. The molecule has 8 nitrogen and oxygen atoms in total. The first kappa shape index (κ1) is 20.3. The summed E-state index contributed by atoms with van der Waals surface area (Å²) in [6.07, 6.45) is 0. The highest BCUT2D eigenvalue weighted by molar-refractivity contribution is 5.89. The van der Waals surface area contributed by atoms with Crippen LogP contribution in [0.5, 0.6) is 5.75 Å². The minimum atomic E-state index is -0.505. The third-order valence-electron chi connectivity index (χ3n) is 4.47. The van der Waals surface area contributed by atoms with Crippen molar-refractivity contribution in [2.45, 2.75) is 19.5 Å². The summed E-state index contributed by atoms with van der Waals surface area (Å²) in [5.41, 5.74) is 1.02. The molecule has 1 heterocycles.